The van der Waals surface area contributed by atoms with Crippen LogP contribution in [-0.4, -0.2) is 12.0 Å². The first-order valence-electron chi connectivity index (χ1n) is 8.40. The van der Waals surface area contributed by atoms with Crippen molar-refractivity contribution in [3.8, 4) is 5.75 Å². The number of carbonyl (C=O) groups excluding carboxylic acids is 1. The second kappa shape index (κ2) is 7.52. The number of hydrogen-bond donors (Lipinski definition) is 1. The topological polar surface area (TPSA) is 38.3 Å². The zero-order chi connectivity index (χ0) is 17.7. The van der Waals surface area contributed by atoms with Gasteiger partial charge in [-0.2, -0.15) is 0 Å². The molecule has 2 aromatic rings. The first-order chi connectivity index (χ1) is 11.3. The predicted molar refractivity (Wildman–Crippen MR) is 98.2 cm³/mol. The molecule has 3 nitrogen and oxygen atoms in total. The van der Waals surface area contributed by atoms with Gasteiger partial charge in [-0.1, -0.05) is 63.2 Å². The first-order valence-corrected chi connectivity index (χ1v) is 8.40. The highest BCUT2D eigenvalue weighted by atomic mass is 16.5. The molecule has 2 aromatic carbocycles. The molecule has 1 N–H and O–H groups in total. The fraction of sp³-hybridized carbons (Fsp3) is 0.381. The number of carbonyl (C=O) groups is 1. The summed E-state index contributed by atoms with van der Waals surface area (Å²) < 4.78 is 5.77. The SMILES string of the molecule is C[C@H](Oc1ccc(C(C)(C)C)cc1)C(=O)N[C@H](C)c1ccccc1. The van der Waals surface area contributed by atoms with Gasteiger partial charge in [-0.25, -0.2) is 0 Å². The minimum atomic E-state index is -0.545. The molecule has 0 aromatic heterocycles. The molecule has 0 bridgehead atoms. The van der Waals surface area contributed by atoms with E-state index in [2.05, 4.69) is 26.1 Å². The van der Waals surface area contributed by atoms with E-state index in [0.29, 0.717) is 5.75 Å². The number of rotatable bonds is 5. The Labute approximate surface area is 145 Å². The van der Waals surface area contributed by atoms with Crippen LogP contribution in [-0.2, 0) is 10.2 Å². The minimum Gasteiger partial charge on any atom is -0.481 e. The monoisotopic (exact) mass is 325 g/mol. The molecular weight excluding hydrogens is 298 g/mol. The summed E-state index contributed by atoms with van der Waals surface area (Å²) in [7, 11) is 0. The van der Waals surface area contributed by atoms with Crippen LogP contribution in [0.5, 0.6) is 5.75 Å². The zero-order valence-electron chi connectivity index (χ0n) is 15.2. The van der Waals surface area contributed by atoms with Gasteiger partial charge < -0.3 is 10.1 Å². The maximum atomic E-state index is 12.3. The molecule has 0 fully saturated rings. The van der Waals surface area contributed by atoms with Crippen LogP contribution in [0.4, 0.5) is 0 Å². The molecule has 2 atom stereocenters. The highest BCUT2D eigenvalue weighted by molar-refractivity contribution is 5.81. The third-order valence-corrected chi connectivity index (χ3v) is 4.06. The van der Waals surface area contributed by atoms with Crippen molar-refractivity contribution in [1.29, 1.82) is 0 Å². The molecule has 0 aliphatic heterocycles. The van der Waals surface area contributed by atoms with Crippen LogP contribution >= 0.6 is 0 Å². The largest absolute Gasteiger partial charge is 0.481 e. The fourth-order valence-corrected chi connectivity index (χ4v) is 2.45. The second-order valence-corrected chi connectivity index (χ2v) is 7.18. The molecule has 0 heterocycles. The van der Waals surface area contributed by atoms with Crippen LogP contribution in [0, 0.1) is 0 Å². The van der Waals surface area contributed by atoms with E-state index >= 15 is 0 Å². The van der Waals surface area contributed by atoms with Crippen LogP contribution in [0.2, 0.25) is 0 Å². The van der Waals surface area contributed by atoms with Crippen molar-refractivity contribution < 1.29 is 9.53 Å². The van der Waals surface area contributed by atoms with E-state index in [1.165, 1.54) is 5.56 Å². The van der Waals surface area contributed by atoms with Gasteiger partial charge in [0.15, 0.2) is 6.10 Å². The lowest BCUT2D eigenvalue weighted by molar-refractivity contribution is -0.127. The molecule has 2 rings (SSSR count). The minimum absolute atomic E-state index is 0.0481. The third-order valence-electron chi connectivity index (χ3n) is 4.06. The van der Waals surface area contributed by atoms with Crippen molar-refractivity contribution in [2.24, 2.45) is 0 Å². The van der Waals surface area contributed by atoms with Crippen LogP contribution < -0.4 is 10.1 Å². The molecule has 0 aliphatic rings. The lowest BCUT2D eigenvalue weighted by atomic mass is 9.87. The molecule has 1 amide bonds. The van der Waals surface area contributed by atoms with E-state index < -0.39 is 6.10 Å². The Morgan fingerprint density at radius 2 is 1.54 bits per heavy atom. The first kappa shape index (κ1) is 18.1. The summed E-state index contributed by atoms with van der Waals surface area (Å²) in [4.78, 5) is 12.3. The molecule has 0 radical (unpaired) electrons. The third kappa shape index (κ3) is 4.85. The highest BCUT2D eigenvalue weighted by Crippen LogP contribution is 2.24. The standard InChI is InChI=1S/C21H27NO2/c1-15(17-9-7-6-8-10-17)22-20(23)16(2)24-19-13-11-18(12-14-19)21(3,4)5/h6-16H,1-5H3,(H,22,23)/t15-,16+/m1/s1. The van der Waals surface area contributed by atoms with E-state index in [9.17, 15) is 4.79 Å². The second-order valence-electron chi connectivity index (χ2n) is 7.18. The van der Waals surface area contributed by atoms with Gasteiger partial charge in [0.05, 0.1) is 6.04 Å². The van der Waals surface area contributed by atoms with Crippen LogP contribution in [0.25, 0.3) is 0 Å². The van der Waals surface area contributed by atoms with Crippen LogP contribution in [0.3, 0.4) is 0 Å². The van der Waals surface area contributed by atoms with E-state index in [-0.39, 0.29) is 17.4 Å². The smallest absolute Gasteiger partial charge is 0.261 e. The average molecular weight is 325 g/mol. The number of amides is 1. The van der Waals surface area contributed by atoms with Gasteiger partial charge in [-0.15, -0.1) is 0 Å². The summed E-state index contributed by atoms with van der Waals surface area (Å²) in [6, 6.07) is 17.8. The maximum absolute atomic E-state index is 12.3. The quantitative estimate of drug-likeness (QED) is 0.870. The molecule has 0 aliphatic carbocycles. The van der Waals surface area contributed by atoms with E-state index in [4.69, 9.17) is 4.74 Å². The molecule has 24 heavy (non-hydrogen) atoms. The maximum Gasteiger partial charge on any atom is 0.261 e. The van der Waals surface area contributed by atoms with Crippen molar-refractivity contribution in [3.63, 3.8) is 0 Å². The van der Waals surface area contributed by atoms with Crippen LogP contribution in [0.15, 0.2) is 54.6 Å². The Morgan fingerprint density at radius 1 is 0.958 bits per heavy atom. The summed E-state index contributed by atoms with van der Waals surface area (Å²) in [6.45, 7) is 10.3. The van der Waals surface area contributed by atoms with Gasteiger partial charge in [0.25, 0.3) is 5.91 Å². The van der Waals surface area contributed by atoms with Crippen molar-refractivity contribution in [1.82, 2.24) is 5.32 Å². The van der Waals surface area contributed by atoms with Crippen LogP contribution in [0.1, 0.15) is 51.8 Å². The van der Waals surface area contributed by atoms with Gasteiger partial charge in [0, 0.05) is 0 Å². The Morgan fingerprint density at radius 3 is 2.08 bits per heavy atom. The molecule has 3 heteroatoms. The Bertz CT molecular complexity index is 656. The molecule has 128 valence electrons. The lowest BCUT2D eigenvalue weighted by Gasteiger charge is -2.21. The van der Waals surface area contributed by atoms with Gasteiger partial charge >= 0.3 is 0 Å². The normalized spacial score (nSPS) is 13.9. The summed E-state index contributed by atoms with van der Waals surface area (Å²) in [5, 5.41) is 2.99. The summed E-state index contributed by atoms with van der Waals surface area (Å²) in [6.07, 6.45) is -0.545. The fourth-order valence-electron chi connectivity index (χ4n) is 2.45. The van der Waals surface area contributed by atoms with Gasteiger partial charge in [-0.05, 0) is 42.5 Å². The molecular formula is C21H27NO2. The van der Waals surface area contributed by atoms with Gasteiger partial charge in [0.2, 0.25) is 0 Å². The van der Waals surface area contributed by atoms with Crippen molar-refractivity contribution in [3.05, 3.63) is 65.7 Å². The average Bonchev–Trinajstić information content (AvgIpc) is 2.55. The Hall–Kier alpha value is -2.29. The summed E-state index contributed by atoms with van der Waals surface area (Å²) in [5.41, 5.74) is 2.42. The number of hydrogen-bond acceptors (Lipinski definition) is 2. The van der Waals surface area contributed by atoms with E-state index in [1.807, 2.05) is 61.5 Å². The number of nitrogens with one attached hydrogen (secondary N) is 1. The van der Waals surface area contributed by atoms with Crippen molar-refractivity contribution >= 4 is 5.91 Å². The predicted octanol–water partition coefficient (Wildman–Crippen LogP) is 4.63. The molecule has 0 spiro atoms. The van der Waals surface area contributed by atoms with Crippen molar-refractivity contribution in [2.75, 3.05) is 0 Å². The molecule has 0 saturated heterocycles. The Balaban J connectivity index is 1.94. The summed E-state index contributed by atoms with van der Waals surface area (Å²) >= 11 is 0. The Kier molecular flexibility index (Phi) is 5.66. The van der Waals surface area contributed by atoms with E-state index in [1.54, 1.807) is 6.92 Å². The zero-order valence-corrected chi connectivity index (χ0v) is 15.2. The lowest BCUT2D eigenvalue weighted by Crippen LogP contribution is -2.37. The number of benzene rings is 2. The van der Waals surface area contributed by atoms with Gasteiger partial charge in [-0.3, -0.25) is 4.79 Å². The number of ether oxygens (including phenoxy) is 1. The molecule has 0 saturated carbocycles. The van der Waals surface area contributed by atoms with Crippen molar-refractivity contribution in [2.45, 2.75) is 52.2 Å². The van der Waals surface area contributed by atoms with E-state index in [0.717, 1.165) is 5.56 Å². The molecule has 0 unspecified atom stereocenters. The summed E-state index contributed by atoms with van der Waals surface area (Å²) in [5.74, 6) is 0.587. The highest BCUT2D eigenvalue weighted by Gasteiger charge is 2.18. The van der Waals surface area contributed by atoms with Gasteiger partial charge in [0.1, 0.15) is 5.75 Å².